The molecule has 162 valence electrons. The number of aryl methyl sites for hydroxylation is 1. The van der Waals surface area contributed by atoms with Gasteiger partial charge in [0.15, 0.2) is 0 Å². The van der Waals surface area contributed by atoms with Crippen molar-refractivity contribution in [1.29, 1.82) is 5.26 Å². The summed E-state index contributed by atoms with van der Waals surface area (Å²) < 4.78 is 16.5. The van der Waals surface area contributed by atoms with Crippen LogP contribution in [-0.2, 0) is 20.4 Å². The zero-order chi connectivity index (χ0) is 21.9. The minimum atomic E-state index is -1.21. The molecule has 6 nitrogen and oxygen atoms in total. The standard InChI is InChI=1S/C23H32N3O3P/c1-19(2)26(20(3)4)30(28-16-8-13-24)29-17-9-14-25-18-21(10-7-15-27)22-11-5-6-12-23(22)25/h5-7,10-12,15,18-20H,8-9,14,16-17H2,1-4H3/b10-7+. The number of nitrogens with zero attached hydrogens (tertiary/aromatic N) is 3. The van der Waals surface area contributed by atoms with Crippen LogP contribution in [0.5, 0.6) is 0 Å². The molecule has 0 saturated heterocycles. The number of hydrogen-bond acceptors (Lipinski definition) is 5. The van der Waals surface area contributed by atoms with Crippen molar-refractivity contribution in [3.8, 4) is 6.07 Å². The Labute approximate surface area is 181 Å². The number of aldehydes is 1. The molecule has 2 aromatic rings. The zero-order valence-electron chi connectivity index (χ0n) is 18.3. The third-order valence-electron chi connectivity index (χ3n) is 4.58. The van der Waals surface area contributed by atoms with Gasteiger partial charge in [0.25, 0.3) is 8.53 Å². The quantitative estimate of drug-likeness (QED) is 0.181. The van der Waals surface area contributed by atoms with E-state index in [1.54, 1.807) is 0 Å². The monoisotopic (exact) mass is 429 g/mol. The predicted octanol–water partition coefficient (Wildman–Crippen LogP) is 5.54. The molecular formula is C23H32N3O3P. The van der Waals surface area contributed by atoms with E-state index in [0.717, 1.165) is 35.7 Å². The lowest BCUT2D eigenvalue weighted by atomic mass is 10.2. The zero-order valence-corrected chi connectivity index (χ0v) is 19.2. The number of allylic oxidation sites excluding steroid dienone is 1. The highest BCUT2D eigenvalue weighted by atomic mass is 31.2. The van der Waals surface area contributed by atoms with Gasteiger partial charge in [0.05, 0.1) is 25.7 Å². The van der Waals surface area contributed by atoms with Gasteiger partial charge < -0.3 is 13.6 Å². The summed E-state index contributed by atoms with van der Waals surface area (Å²) in [5.74, 6) is 0. The van der Waals surface area contributed by atoms with Gasteiger partial charge in [0, 0.05) is 41.3 Å². The van der Waals surface area contributed by atoms with Crippen molar-refractivity contribution in [3.63, 3.8) is 0 Å². The molecule has 0 aliphatic carbocycles. The van der Waals surface area contributed by atoms with E-state index >= 15 is 0 Å². The highest BCUT2D eigenvalue weighted by Crippen LogP contribution is 2.46. The van der Waals surface area contributed by atoms with E-state index in [2.05, 4.69) is 61.3 Å². The van der Waals surface area contributed by atoms with E-state index in [1.807, 2.05) is 18.2 Å². The maximum Gasteiger partial charge on any atom is 0.259 e. The van der Waals surface area contributed by atoms with E-state index in [4.69, 9.17) is 14.3 Å². The first-order valence-corrected chi connectivity index (χ1v) is 11.5. The molecule has 0 aliphatic rings. The van der Waals surface area contributed by atoms with Crippen molar-refractivity contribution >= 4 is 31.8 Å². The molecular weight excluding hydrogens is 397 g/mol. The number of carbonyl (C=O) groups is 1. The third-order valence-corrected chi connectivity index (χ3v) is 6.69. The molecule has 0 aliphatic heterocycles. The Kier molecular flexibility index (Phi) is 10.2. The lowest BCUT2D eigenvalue weighted by Gasteiger charge is -2.35. The molecule has 0 N–H and O–H groups in total. The average Bonchev–Trinajstić information content (AvgIpc) is 3.06. The molecule has 2 rings (SSSR count). The number of benzene rings is 1. The number of fused-ring (bicyclic) bond motifs is 1. The van der Waals surface area contributed by atoms with Crippen molar-refractivity contribution in [2.75, 3.05) is 13.2 Å². The first kappa shape index (κ1) is 24.2. The van der Waals surface area contributed by atoms with E-state index in [0.29, 0.717) is 31.7 Å². The normalized spacial score (nSPS) is 13.0. The molecule has 1 atom stereocenters. The van der Waals surface area contributed by atoms with Crippen LogP contribution in [0.2, 0.25) is 0 Å². The first-order chi connectivity index (χ1) is 14.5. The van der Waals surface area contributed by atoms with E-state index in [1.165, 1.54) is 6.08 Å². The second-order valence-corrected chi connectivity index (χ2v) is 8.98. The van der Waals surface area contributed by atoms with Crippen molar-refractivity contribution in [1.82, 2.24) is 9.24 Å². The smallest absolute Gasteiger partial charge is 0.259 e. The Morgan fingerprint density at radius 1 is 1.17 bits per heavy atom. The SMILES string of the molecule is CC(C)N(C(C)C)P(OCCC#N)OCCCn1cc(/C=C/C=O)c2ccccc21. The van der Waals surface area contributed by atoms with Crippen molar-refractivity contribution in [2.24, 2.45) is 0 Å². The molecule has 0 spiro atoms. The molecule has 0 fully saturated rings. The Morgan fingerprint density at radius 3 is 2.53 bits per heavy atom. The molecule has 0 amide bonds. The molecule has 1 aromatic carbocycles. The summed E-state index contributed by atoms with van der Waals surface area (Å²) in [6, 6.07) is 10.9. The van der Waals surface area contributed by atoms with E-state index in [9.17, 15) is 4.79 Å². The Hall–Kier alpha value is -2.03. The Bertz CT molecular complexity index is 862. The fraction of sp³-hybridized carbons (Fsp3) is 0.478. The molecule has 1 unspecified atom stereocenters. The predicted molar refractivity (Wildman–Crippen MR) is 123 cm³/mol. The van der Waals surface area contributed by atoms with Crippen LogP contribution in [0.1, 0.15) is 46.1 Å². The van der Waals surface area contributed by atoms with Crippen LogP contribution in [0.25, 0.3) is 17.0 Å². The average molecular weight is 430 g/mol. The first-order valence-electron chi connectivity index (χ1n) is 10.4. The molecule has 1 heterocycles. The van der Waals surface area contributed by atoms with Gasteiger partial charge in [-0.15, -0.1) is 0 Å². The summed E-state index contributed by atoms with van der Waals surface area (Å²) in [6.45, 7) is 10.3. The van der Waals surface area contributed by atoms with Crippen molar-refractivity contribution < 1.29 is 13.8 Å². The highest BCUT2D eigenvalue weighted by Gasteiger charge is 2.26. The molecule has 0 radical (unpaired) electrons. The van der Waals surface area contributed by atoms with Crippen LogP contribution in [0.3, 0.4) is 0 Å². The highest BCUT2D eigenvalue weighted by molar-refractivity contribution is 7.44. The van der Waals surface area contributed by atoms with Gasteiger partial charge in [0.2, 0.25) is 0 Å². The summed E-state index contributed by atoms with van der Waals surface area (Å²) in [5, 5.41) is 9.94. The van der Waals surface area contributed by atoms with E-state index in [-0.39, 0.29) is 0 Å². The number of carbonyl (C=O) groups excluding carboxylic acids is 1. The molecule has 7 heteroatoms. The maximum atomic E-state index is 10.7. The summed E-state index contributed by atoms with van der Waals surface area (Å²) in [5.41, 5.74) is 2.17. The second kappa shape index (κ2) is 12.6. The van der Waals surface area contributed by atoms with Gasteiger partial charge in [-0.25, -0.2) is 4.67 Å². The van der Waals surface area contributed by atoms with Crippen LogP contribution in [0.15, 0.2) is 36.5 Å². The number of nitriles is 1. The number of para-hydroxylation sites is 1. The van der Waals surface area contributed by atoms with Gasteiger partial charge in [-0.1, -0.05) is 18.2 Å². The maximum absolute atomic E-state index is 10.7. The van der Waals surface area contributed by atoms with Crippen LogP contribution in [0, 0.1) is 11.3 Å². The minimum absolute atomic E-state index is 0.291. The van der Waals surface area contributed by atoms with Gasteiger partial charge in [-0.2, -0.15) is 5.26 Å². The fourth-order valence-corrected chi connectivity index (χ4v) is 5.06. The van der Waals surface area contributed by atoms with Gasteiger partial charge in [-0.05, 0) is 52.3 Å². The van der Waals surface area contributed by atoms with Crippen LogP contribution >= 0.6 is 8.53 Å². The molecule has 0 saturated carbocycles. The summed E-state index contributed by atoms with van der Waals surface area (Å²) in [6.07, 6.45) is 7.43. The van der Waals surface area contributed by atoms with Crippen LogP contribution in [0.4, 0.5) is 0 Å². The van der Waals surface area contributed by atoms with Gasteiger partial charge in [0.1, 0.15) is 6.29 Å². The number of rotatable bonds is 13. The Balaban J connectivity index is 2.02. The van der Waals surface area contributed by atoms with Gasteiger partial charge in [-0.3, -0.25) is 4.79 Å². The lowest BCUT2D eigenvalue weighted by molar-refractivity contribution is -0.104. The molecule has 30 heavy (non-hydrogen) atoms. The number of hydrogen-bond donors (Lipinski definition) is 0. The largest absolute Gasteiger partial charge is 0.347 e. The summed E-state index contributed by atoms with van der Waals surface area (Å²) in [4.78, 5) is 10.7. The molecule has 1 aromatic heterocycles. The van der Waals surface area contributed by atoms with Gasteiger partial charge >= 0.3 is 0 Å². The van der Waals surface area contributed by atoms with Crippen LogP contribution < -0.4 is 0 Å². The summed E-state index contributed by atoms with van der Waals surface area (Å²) in [7, 11) is -1.21. The minimum Gasteiger partial charge on any atom is -0.347 e. The van der Waals surface area contributed by atoms with E-state index < -0.39 is 8.53 Å². The summed E-state index contributed by atoms with van der Waals surface area (Å²) >= 11 is 0. The molecule has 0 bridgehead atoms. The van der Waals surface area contributed by atoms with Crippen molar-refractivity contribution in [3.05, 3.63) is 42.1 Å². The topological polar surface area (TPSA) is 67.5 Å². The Morgan fingerprint density at radius 2 is 1.87 bits per heavy atom. The lowest BCUT2D eigenvalue weighted by Crippen LogP contribution is -2.33. The van der Waals surface area contributed by atoms with Crippen LogP contribution in [-0.4, -0.2) is 40.8 Å². The van der Waals surface area contributed by atoms with Crippen molar-refractivity contribution in [2.45, 2.75) is 59.2 Å². The second-order valence-electron chi connectivity index (χ2n) is 7.52. The fourth-order valence-electron chi connectivity index (χ4n) is 3.43. The third kappa shape index (κ3) is 6.75. The number of aromatic nitrogens is 1.